The lowest BCUT2D eigenvalue weighted by atomic mass is 10.0. The molecule has 1 aromatic carbocycles. The second-order valence-electron chi connectivity index (χ2n) is 4.69. The highest BCUT2D eigenvalue weighted by Gasteiger charge is 1.98. The summed E-state index contributed by atoms with van der Waals surface area (Å²) >= 11 is 0. The summed E-state index contributed by atoms with van der Waals surface area (Å²) in [6.45, 7) is 6.43. The third kappa shape index (κ3) is 5.29. The van der Waals surface area contributed by atoms with E-state index in [0.29, 0.717) is 0 Å². The monoisotopic (exact) mass is 220 g/mol. The molecule has 0 fully saturated rings. The highest BCUT2D eigenvalue weighted by molar-refractivity contribution is 5.23. The minimum absolute atomic E-state index is 0.739. The largest absolute Gasteiger partial charge is 0.308 e. The van der Waals surface area contributed by atoms with E-state index in [9.17, 15) is 0 Å². The van der Waals surface area contributed by atoms with Gasteiger partial charge in [-0.2, -0.15) is 0 Å². The summed E-state index contributed by atoms with van der Waals surface area (Å²) in [4.78, 5) is 0. The lowest BCUT2D eigenvalue weighted by molar-refractivity contribution is 0.630. The van der Waals surface area contributed by atoms with E-state index in [0.717, 1.165) is 25.6 Å². The van der Waals surface area contributed by atoms with Gasteiger partial charge in [0, 0.05) is 13.2 Å². The van der Waals surface area contributed by atoms with Crippen molar-refractivity contribution in [3.8, 4) is 0 Å². The van der Waals surface area contributed by atoms with Crippen molar-refractivity contribution in [2.75, 3.05) is 20.3 Å². The van der Waals surface area contributed by atoms with Crippen LogP contribution in [0, 0.1) is 5.92 Å². The Morgan fingerprint density at radius 1 is 1.06 bits per heavy atom. The van der Waals surface area contributed by atoms with E-state index >= 15 is 0 Å². The first kappa shape index (κ1) is 13.2. The number of hydrogen-bond acceptors (Lipinski definition) is 2. The first-order valence-electron chi connectivity index (χ1n) is 6.15. The molecule has 0 saturated carbocycles. The van der Waals surface area contributed by atoms with Gasteiger partial charge in [-0.05, 0) is 36.9 Å². The van der Waals surface area contributed by atoms with E-state index < -0.39 is 0 Å². The number of nitrogens with one attached hydrogen (secondary N) is 2. The minimum Gasteiger partial charge on any atom is -0.308 e. The standard InChI is InChI=1S/C14H24N2/c1-12(2)10-14-6-4-13(5-7-14)8-9-16-11-15-3/h4-7,12,15-16H,8-11H2,1-3H3. The van der Waals surface area contributed by atoms with Gasteiger partial charge >= 0.3 is 0 Å². The summed E-state index contributed by atoms with van der Waals surface area (Å²) < 4.78 is 0. The highest BCUT2D eigenvalue weighted by atomic mass is 15.0. The Morgan fingerprint density at radius 3 is 2.25 bits per heavy atom. The zero-order valence-electron chi connectivity index (χ0n) is 10.7. The van der Waals surface area contributed by atoms with E-state index in [4.69, 9.17) is 0 Å². The molecule has 0 bridgehead atoms. The van der Waals surface area contributed by atoms with Crippen LogP contribution in [0.25, 0.3) is 0 Å². The smallest absolute Gasteiger partial charge is 0.0451 e. The second kappa shape index (κ2) is 7.42. The Morgan fingerprint density at radius 2 is 1.69 bits per heavy atom. The van der Waals surface area contributed by atoms with E-state index in [1.54, 1.807) is 0 Å². The topological polar surface area (TPSA) is 24.1 Å². The van der Waals surface area contributed by atoms with Gasteiger partial charge in [-0.1, -0.05) is 38.1 Å². The van der Waals surface area contributed by atoms with Gasteiger partial charge < -0.3 is 10.6 Å². The molecule has 0 aromatic heterocycles. The average Bonchev–Trinajstić information content (AvgIpc) is 2.26. The van der Waals surface area contributed by atoms with Crippen molar-refractivity contribution in [3.05, 3.63) is 35.4 Å². The number of hydrogen-bond donors (Lipinski definition) is 2. The Balaban J connectivity index is 2.33. The molecule has 90 valence electrons. The normalized spacial score (nSPS) is 11.0. The molecular weight excluding hydrogens is 196 g/mol. The van der Waals surface area contributed by atoms with Crippen molar-refractivity contribution in [1.82, 2.24) is 10.6 Å². The van der Waals surface area contributed by atoms with E-state index in [-0.39, 0.29) is 0 Å². The fourth-order valence-corrected chi connectivity index (χ4v) is 1.76. The van der Waals surface area contributed by atoms with Crippen molar-refractivity contribution >= 4 is 0 Å². The average molecular weight is 220 g/mol. The molecule has 2 N–H and O–H groups in total. The highest BCUT2D eigenvalue weighted by Crippen LogP contribution is 2.09. The molecule has 2 nitrogen and oxygen atoms in total. The van der Waals surface area contributed by atoms with Crippen molar-refractivity contribution in [2.24, 2.45) is 5.92 Å². The van der Waals surface area contributed by atoms with Crippen LogP contribution >= 0.6 is 0 Å². The molecule has 1 rings (SSSR count). The molecule has 0 unspecified atom stereocenters. The van der Waals surface area contributed by atoms with Gasteiger partial charge in [-0.15, -0.1) is 0 Å². The predicted molar refractivity (Wildman–Crippen MR) is 70.6 cm³/mol. The molecule has 0 atom stereocenters. The Bertz CT molecular complexity index is 277. The van der Waals surface area contributed by atoms with Crippen LogP contribution < -0.4 is 10.6 Å². The first-order chi connectivity index (χ1) is 7.72. The molecule has 16 heavy (non-hydrogen) atoms. The lowest BCUT2D eigenvalue weighted by Crippen LogP contribution is -2.27. The van der Waals surface area contributed by atoms with Crippen LogP contribution in [0.5, 0.6) is 0 Å². The van der Waals surface area contributed by atoms with Gasteiger partial charge in [0.05, 0.1) is 0 Å². The first-order valence-corrected chi connectivity index (χ1v) is 6.15. The minimum atomic E-state index is 0.739. The molecule has 0 heterocycles. The molecule has 1 aromatic rings. The maximum absolute atomic E-state index is 3.32. The van der Waals surface area contributed by atoms with Crippen molar-refractivity contribution in [1.29, 1.82) is 0 Å². The van der Waals surface area contributed by atoms with Crippen LogP contribution in [0.2, 0.25) is 0 Å². The number of rotatable bonds is 7. The summed E-state index contributed by atoms with van der Waals surface area (Å²) in [6.07, 6.45) is 2.28. The fraction of sp³-hybridized carbons (Fsp3) is 0.571. The zero-order chi connectivity index (χ0) is 11.8. The molecule has 0 spiro atoms. The van der Waals surface area contributed by atoms with Gasteiger partial charge in [-0.3, -0.25) is 0 Å². The quantitative estimate of drug-likeness (QED) is 0.544. The van der Waals surface area contributed by atoms with Crippen molar-refractivity contribution in [2.45, 2.75) is 26.7 Å². The lowest BCUT2D eigenvalue weighted by Gasteiger charge is -2.07. The van der Waals surface area contributed by atoms with Crippen LogP contribution in [0.1, 0.15) is 25.0 Å². The summed E-state index contributed by atoms with van der Waals surface area (Å²) in [7, 11) is 1.95. The summed E-state index contributed by atoms with van der Waals surface area (Å²) in [5.74, 6) is 0.739. The molecular formula is C14H24N2. The van der Waals surface area contributed by atoms with Crippen LogP contribution in [0.4, 0.5) is 0 Å². The van der Waals surface area contributed by atoms with Gasteiger partial charge in [-0.25, -0.2) is 0 Å². The third-order valence-corrected chi connectivity index (χ3v) is 2.56. The second-order valence-corrected chi connectivity index (χ2v) is 4.69. The van der Waals surface area contributed by atoms with Crippen LogP contribution in [-0.2, 0) is 12.8 Å². The SMILES string of the molecule is CNCNCCc1ccc(CC(C)C)cc1. The maximum Gasteiger partial charge on any atom is 0.0451 e. The molecule has 0 saturated heterocycles. The number of benzene rings is 1. The Hall–Kier alpha value is -0.860. The van der Waals surface area contributed by atoms with Gasteiger partial charge in [0.1, 0.15) is 0 Å². The maximum atomic E-state index is 3.32. The van der Waals surface area contributed by atoms with Gasteiger partial charge in [0.15, 0.2) is 0 Å². The Labute approximate surface area is 99.5 Å². The Kier molecular flexibility index (Phi) is 6.12. The third-order valence-electron chi connectivity index (χ3n) is 2.56. The summed E-state index contributed by atoms with van der Waals surface area (Å²) in [5.41, 5.74) is 2.86. The van der Waals surface area contributed by atoms with E-state index in [1.165, 1.54) is 17.5 Å². The molecule has 0 aliphatic rings. The van der Waals surface area contributed by atoms with E-state index in [2.05, 4.69) is 48.7 Å². The summed E-state index contributed by atoms with van der Waals surface area (Å²) in [5, 5.41) is 6.39. The van der Waals surface area contributed by atoms with Crippen molar-refractivity contribution in [3.63, 3.8) is 0 Å². The molecule has 0 radical (unpaired) electrons. The van der Waals surface area contributed by atoms with E-state index in [1.807, 2.05) is 7.05 Å². The zero-order valence-corrected chi connectivity index (χ0v) is 10.7. The van der Waals surface area contributed by atoms with Gasteiger partial charge in [0.2, 0.25) is 0 Å². The van der Waals surface area contributed by atoms with Crippen LogP contribution in [0.3, 0.4) is 0 Å². The van der Waals surface area contributed by atoms with Crippen molar-refractivity contribution < 1.29 is 0 Å². The molecule has 0 aliphatic heterocycles. The van der Waals surface area contributed by atoms with Crippen LogP contribution in [0.15, 0.2) is 24.3 Å². The molecule has 2 heteroatoms. The van der Waals surface area contributed by atoms with Gasteiger partial charge in [0.25, 0.3) is 0 Å². The molecule has 0 amide bonds. The fourth-order valence-electron chi connectivity index (χ4n) is 1.76. The van der Waals surface area contributed by atoms with Crippen LogP contribution in [-0.4, -0.2) is 20.3 Å². The summed E-state index contributed by atoms with van der Waals surface area (Å²) in [6, 6.07) is 9.01. The predicted octanol–water partition coefficient (Wildman–Crippen LogP) is 2.19. The molecule has 0 aliphatic carbocycles.